The zero-order valence-corrected chi connectivity index (χ0v) is 27.7. The molecule has 0 saturated carbocycles. The van der Waals surface area contributed by atoms with Crippen LogP contribution in [0, 0.1) is 0 Å². The molecule has 0 radical (unpaired) electrons. The second kappa shape index (κ2) is 9.41. The van der Waals surface area contributed by atoms with E-state index in [1.54, 1.807) is 0 Å². The van der Waals surface area contributed by atoms with Gasteiger partial charge in [-0.05, 0) is 94.2 Å². The normalized spacial score (nSPS) is 28.3. The van der Waals surface area contributed by atoms with Gasteiger partial charge in [0.05, 0.1) is 14.7 Å². The minimum absolute atomic E-state index is 0.0963. The summed E-state index contributed by atoms with van der Waals surface area (Å²) in [5.41, 5.74) is 0.193. The predicted molar refractivity (Wildman–Crippen MR) is 138 cm³/mol. The molecule has 0 bridgehead atoms. The van der Waals surface area contributed by atoms with Crippen LogP contribution in [0.5, 0.6) is 0 Å². The van der Waals surface area contributed by atoms with Gasteiger partial charge in [-0.3, -0.25) is 0 Å². The Morgan fingerprint density at radius 3 is 0.963 bits per heavy atom. The Morgan fingerprint density at radius 2 is 0.852 bits per heavy atom. The standard InChI is InChI=1S/C16H42N4P2Si2.2BrH.Ni/c1-15(2,3)19-21(7,17-23(9,10)11)20(16(4,5)6)22(19,8)18-24(12,13)14;;;/h1-14H3;2*1H;/q;;;+2/p-2. The van der Waals surface area contributed by atoms with Gasteiger partial charge >= 0.3 is 39.3 Å². The van der Waals surface area contributed by atoms with Gasteiger partial charge in [-0.1, -0.05) is 0 Å². The molecule has 0 unspecified atom stereocenters. The van der Waals surface area contributed by atoms with Gasteiger partial charge in [0.25, 0.3) is 0 Å². The van der Waals surface area contributed by atoms with Crippen LogP contribution in [0.15, 0.2) is 8.82 Å². The van der Waals surface area contributed by atoms with Crippen LogP contribution in [-0.4, -0.2) is 49.8 Å². The van der Waals surface area contributed by atoms with Crippen LogP contribution in [-0.2, 0) is 10.9 Å². The predicted octanol–water partition coefficient (Wildman–Crippen LogP) is 8.88. The summed E-state index contributed by atoms with van der Waals surface area (Å²) in [5, 5.41) is 0. The van der Waals surface area contributed by atoms with Gasteiger partial charge in [-0.2, -0.15) is 0 Å². The van der Waals surface area contributed by atoms with Crippen molar-refractivity contribution in [2.75, 3.05) is 13.3 Å². The van der Waals surface area contributed by atoms with Crippen LogP contribution in [0.2, 0.25) is 39.3 Å². The molecule has 1 saturated heterocycles. The molecular formula is C16H42Br2N4NiP2Si2. The molecule has 4 nitrogen and oxygen atoms in total. The van der Waals surface area contributed by atoms with Crippen molar-refractivity contribution in [2.24, 2.45) is 8.82 Å². The summed E-state index contributed by atoms with van der Waals surface area (Å²) in [5.74, 6) is 0. The quantitative estimate of drug-likeness (QED) is 0.226. The average Bonchev–Trinajstić information content (AvgIpc) is 2.16. The van der Waals surface area contributed by atoms with Crippen molar-refractivity contribution in [1.29, 1.82) is 0 Å². The van der Waals surface area contributed by atoms with Crippen LogP contribution < -0.4 is 0 Å². The fourth-order valence-electron chi connectivity index (χ4n) is 4.35. The van der Waals surface area contributed by atoms with E-state index in [0.717, 1.165) is 0 Å². The van der Waals surface area contributed by atoms with E-state index >= 15 is 0 Å². The van der Waals surface area contributed by atoms with Crippen LogP contribution in [0.4, 0.5) is 0 Å². The van der Waals surface area contributed by atoms with Crippen molar-refractivity contribution in [2.45, 2.75) is 91.9 Å². The van der Waals surface area contributed by atoms with E-state index in [-0.39, 0.29) is 11.1 Å². The molecule has 0 amide bonds. The summed E-state index contributed by atoms with van der Waals surface area (Å²) in [6, 6.07) is 0. The second-order valence-electron chi connectivity index (χ2n) is 11.2. The molecule has 0 aromatic rings. The topological polar surface area (TPSA) is 31.2 Å². The molecule has 0 aromatic carbocycles. The third kappa shape index (κ3) is 7.72. The summed E-state index contributed by atoms with van der Waals surface area (Å²) in [6.07, 6.45) is 0. The maximum absolute atomic E-state index is 5.55. The first-order chi connectivity index (χ1) is 11.6. The van der Waals surface area contributed by atoms with E-state index in [9.17, 15) is 0 Å². The zero-order chi connectivity index (χ0) is 22.3. The van der Waals surface area contributed by atoms with Crippen molar-refractivity contribution in [1.82, 2.24) is 8.88 Å². The molecular weight excluding hydrogens is 585 g/mol. The second-order valence-corrected chi connectivity index (χ2v) is 32.2. The molecule has 0 aromatic heterocycles. The van der Waals surface area contributed by atoms with E-state index in [1.165, 1.54) is 10.9 Å². The van der Waals surface area contributed by atoms with Gasteiger partial charge in [0.2, 0.25) is 0 Å². The molecule has 27 heavy (non-hydrogen) atoms. The van der Waals surface area contributed by atoms with Crippen molar-refractivity contribution in [3.8, 4) is 0 Å². The van der Waals surface area contributed by atoms with Gasteiger partial charge < -0.3 is 8.82 Å². The van der Waals surface area contributed by atoms with Gasteiger partial charge in [-0.25, -0.2) is 8.88 Å². The van der Waals surface area contributed by atoms with Crippen LogP contribution >= 0.6 is 43.2 Å². The molecule has 0 atom stereocenters. The van der Waals surface area contributed by atoms with Gasteiger partial charge in [-0.15, -0.1) is 0 Å². The number of rotatable bonds is 2. The first-order valence-electron chi connectivity index (χ1n) is 9.23. The van der Waals surface area contributed by atoms with Crippen LogP contribution in [0.1, 0.15) is 41.5 Å². The number of nitrogens with zero attached hydrogens (tertiary/aromatic N) is 4. The minimum atomic E-state index is -1.70. The monoisotopic (exact) mass is 624 g/mol. The first kappa shape index (κ1) is 29.3. The van der Waals surface area contributed by atoms with Gasteiger partial charge in [0, 0.05) is 11.1 Å². The first-order valence-corrected chi connectivity index (χ1v) is 25.2. The van der Waals surface area contributed by atoms with Crippen molar-refractivity contribution < 1.29 is 10.9 Å². The van der Waals surface area contributed by atoms with Gasteiger partial charge in [0.15, 0.2) is 16.5 Å². The molecule has 0 N–H and O–H groups in total. The van der Waals surface area contributed by atoms with Crippen molar-refractivity contribution >= 4 is 59.6 Å². The summed E-state index contributed by atoms with van der Waals surface area (Å²) < 4.78 is 16.7. The van der Waals surface area contributed by atoms with Crippen LogP contribution in [0.25, 0.3) is 0 Å². The molecule has 0 aliphatic carbocycles. The third-order valence-electron chi connectivity index (χ3n) is 3.61. The van der Waals surface area contributed by atoms with E-state index in [2.05, 4.69) is 131 Å². The van der Waals surface area contributed by atoms with E-state index in [0.29, 0.717) is 0 Å². The van der Waals surface area contributed by atoms with Crippen LogP contribution in [0.3, 0.4) is 0 Å². The Morgan fingerprint density at radius 1 is 0.667 bits per heavy atom. The average molecular weight is 627 g/mol. The maximum atomic E-state index is 5.55. The fourth-order valence-corrected chi connectivity index (χ4v) is 26.7. The molecule has 1 fully saturated rings. The van der Waals surface area contributed by atoms with Gasteiger partial charge in [0.1, 0.15) is 0 Å². The molecule has 11 heteroatoms. The van der Waals surface area contributed by atoms with Crippen molar-refractivity contribution in [3.05, 3.63) is 0 Å². The summed E-state index contributed by atoms with van der Waals surface area (Å²) >= 11 is 6.00. The Bertz CT molecular complexity index is 562. The number of hydrogen-bond donors (Lipinski definition) is 0. The third-order valence-corrected chi connectivity index (χ3v) is 20.8. The molecule has 1 aliphatic heterocycles. The SMILES string of the molecule is CC(C)(C)N1P(C)(=N[Si](C)(C)C)N(C(C)(C)C)P1(C)=N[Si](C)(C)C.[Br][Ni][Br]. The van der Waals surface area contributed by atoms with E-state index in [4.69, 9.17) is 8.82 Å². The molecule has 1 heterocycles. The fraction of sp³-hybridized carbons (Fsp3) is 1.00. The molecule has 1 aliphatic rings. The molecule has 0 spiro atoms. The van der Waals surface area contributed by atoms with Crippen molar-refractivity contribution in [3.63, 3.8) is 0 Å². The Hall–Kier alpha value is 2.27. The summed E-state index contributed by atoms with van der Waals surface area (Å²) in [4.78, 5) is 0. The van der Waals surface area contributed by atoms with E-state index in [1.807, 2.05) is 0 Å². The number of halogens is 2. The summed E-state index contributed by atoms with van der Waals surface area (Å²) in [7, 11) is -5.25. The Labute approximate surface area is 192 Å². The summed E-state index contributed by atoms with van der Waals surface area (Å²) in [6.45, 7) is 33.2. The molecule has 1 rings (SSSR count). The zero-order valence-electron chi connectivity index (χ0n) is 19.8. The Balaban J connectivity index is 0.00000210. The van der Waals surface area contributed by atoms with E-state index < -0.39 is 31.2 Å². The Kier molecular flexibility index (Phi) is 10.2. The number of hydrogen-bond acceptors (Lipinski definition) is 2. The molecule has 168 valence electrons.